The van der Waals surface area contributed by atoms with Gasteiger partial charge in [0.25, 0.3) is 0 Å². The third-order valence-electron chi connectivity index (χ3n) is 2.98. The molecule has 1 aromatic carbocycles. The summed E-state index contributed by atoms with van der Waals surface area (Å²) < 4.78 is 6.67. The Kier molecular flexibility index (Phi) is 5.25. The molecular weight excluding hydrogens is 278 g/mol. The lowest BCUT2D eigenvalue weighted by atomic mass is 10.0. The molecule has 0 bridgehead atoms. The number of ether oxygens (including phenoxy) is 1. The maximum atomic E-state index is 6.01. The van der Waals surface area contributed by atoms with E-state index in [0.717, 1.165) is 27.8 Å². The maximum Gasteiger partial charge on any atom is 0.123 e. The second-order valence-electron chi connectivity index (χ2n) is 4.47. The third-order valence-corrected chi connectivity index (χ3v) is 4.18. The van der Waals surface area contributed by atoms with Gasteiger partial charge in [0.1, 0.15) is 12.4 Å². The van der Waals surface area contributed by atoms with Gasteiger partial charge in [-0.15, -0.1) is 11.3 Å². The van der Waals surface area contributed by atoms with Gasteiger partial charge in [0.15, 0.2) is 0 Å². The predicted molar refractivity (Wildman–Crippen MR) is 82.1 cm³/mol. The first-order valence-corrected chi connectivity index (χ1v) is 7.59. The summed E-state index contributed by atoms with van der Waals surface area (Å²) in [6.07, 6.45) is 1.81. The molecule has 2 nitrogen and oxygen atoms in total. The molecule has 2 rings (SSSR count). The molecule has 0 saturated carbocycles. The van der Waals surface area contributed by atoms with Gasteiger partial charge in [0, 0.05) is 10.9 Å². The molecule has 0 radical (unpaired) electrons. The summed E-state index contributed by atoms with van der Waals surface area (Å²) in [7, 11) is 0. The van der Waals surface area contributed by atoms with Crippen LogP contribution in [0.15, 0.2) is 36.4 Å². The number of nitrogens with two attached hydrogens (primary N) is 1. The summed E-state index contributed by atoms with van der Waals surface area (Å²) in [6.45, 7) is 2.65. The molecule has 1 heterocycles. The quantitative estimate of drug-likeness (QED) is 0.864. The van der Waals surface area contributed by atoms with Gasteiger partial charge in [-0.1, -0.05) is 36.7 Å². The third kappa shape index (κ3) is 4.23. The molecule has 0 fully saturated rings. The minimum Gasteiger partial charge on any atom is -0.488 e. The minimum absolute atomic E-state index is 0.181. The van der Waals surface area contributed by atoms with Crippen molar-refractivity contribution in [3.63, 3.8) is 0 Å². The molecule has 0 spiro atoms. The second-order valence-corrected chi connectivity index (χ2v) is 6.27. The summed E-state index contributed by atoms with van der Waals surface area (Å²) >= 11 is 7.45. The Morgan fingerprint density at radius 3 is 2.74 bits per heavy atom. The molecular formula is C15H18ClNOS. The molecule has 102 valence electrons. The first-order chi connectivity index (χ1) is 9.19. The highest BCUT2D eigenvalue weighted by Gasteiger charge is 2.08. The van der Waals surface area contributed by atoms with Gasteiger partial charge in [-0.2, -0.15) is 0 Å². The van der Waals surface area contributed by atoms with Crippen molar-refractivity contribution >= 4 is 22.9 Å². The zero-order chi connectivity index (χ0) is 13.7. The van der Waals surface area contributed by atoms with Crippen molar-refractivity contribution in [2.75, 3.05) is 0 Å². The van der Waals surface area contributed by atoms with Crippen LogP contribution in [0.4, 0.5) is 0 Å². The fourth-order valence-corrected chi connectivity index (χ4v) is 2.82. The SMILES string of the molecule is CCC(N)Cc1ccccc1OCc1ccc(Cl)s1. The normalized spacial score (nSPS) is 12.4. The molecule has 2 aromatic rings. The van der Waals surface area contributed by atoms with E-state index in [-0.39, 0.29) is 6.04 Å². The van der Waals surface area contributed by atoms with Crippen molar-refractivity contribution in [3.8, 4) is 5.75 Å². The minimum atomic E-state index is 0.181. The summed E-state index contributed by atoms with van der Waals surface area (Å²) in [5, 5.41) is 0. The van der Waals surface area contributed by atoms with E-state index < -0.39 is 0 Å². The smallest absolute Gasteiger partial charge is 0.123 e. The average Bonchev–Trinajstić information content (AvgIpc) is 2.83. The van der Waals surface area contributed by atoms with Crippen molar-refractivity contribution in [2.45, 2.75) is 32.4 Å². The van der Waals surface area contributed by atoms with Crippen molar-refractivity contribution in [1.29, 1.82) is 0 Å². The Morgan fingerprint density at radius 1 is 1.26 bits per heavy atom. The number of benzene rings is 1. The standard InChI is InChI=1S/C15H18ClNOS/c1-2-12(17)9-11-5-3-4-6-14(11)18-10-13-7-8-15(16)19-13/h3-8,12H,2,9-10,17H2,1H3. The highest BCUT2D eigenvalue weighted by atomic mass is 35.5. The second kappa shape index (κ2) is 6.94. The Hall–Kier alpha value is -1.03. The molecule has 19 heavy (non-hydrogen) atoms. The molecule has 0 aliphatic heterocycles. The van der Waals surface area contributed by atoms with Crippen LogP contribution in [-0.4, -0.2) is 6.04 Å². The molecule has 0 aliphatic rings. The lowest BCUT2D eigenvalue weighted by Gasteiger charge is -2.13. The van der Waals surface area contributed by atoms with Crippen LogP contribution in [0.2, 0.25) is 4.34 Å². The van der Waals surface area contributed by atoms with Crippen molar-refractivity contribution in [1.82, 2.24) is 0 Å². The lowest BCUT2D eigenvalue weighted by Crippen LogP contribution is -2.21. The van der Waals surface area contributed by atoms with Gasteiger partial charge >= 0.3 is 0 Å². The maximum absolute atomic E-state index is 6.01. The van der Waals surface area contributed by atoms with Crippen LogP contribution in [0.5, 0.6) is 5.75 Å². The number of rotatable bonds is 6. The van der Waals surface area contributed by atoms with Gasteiger partial charge in [-0.25, -0.2) is 0 Å². The highest BCUT2D eigenvalue weighted by molar-refractivity contribution is 7.16. The van der Waals surface area contributed by atoms with E-state index >= 15 is 0 Å². The van der Waals surface area contributed by atoms with Crippen LogP contribution in [-0.2, 0) is 13.0 Å². The van der Waals surface area contributed by atoms with Crippen molar-refractivity contribution in [2.24, 2.45) is 5.73 Å². The van der Waals surface area contributed by atoms with Crippen molar-refractivity contribution in [3.05, 3.63) is 51.2 Å². The van der Waals surface area contributed by atoms with Crippen molar-refractivity contribution < 1.29 is 4.74 Å². The molecule has 0 amide bonds. The van der Waals surface area contributed by atoms with E-state index in [1.165, 1.54) is 5.56 Å². The van der Waals surface area contributed by atoms with Crippen LogP contribution in [0.1, 0.15) is 23.8 Å². The highest BCUT2D eigenvalue weighted by Crippen LogP contribution is 2.25. The Labute approximate surface area is 123 Å². The fraction of sp³-hybridized carbons (Fsp3) is 0.333. The Balaban J connectivity index is 2.03. The molecule has 4 heteroatoms. The molecule has 1 atom stereocenters. The summed E-state index contributed by atoms with van der Waals surface area (Å²) in [6, 6.07) is 12.1. The first-order valence-electron chi connectivity index (χ1n) is 6.39. The first kappa shape index (κ1) is 14.4. The predicted octanol–water partition coefficient (Wildman–Crippen LogP) is 4.26. The van der Waals surface area contributed by atoms with Crippen LogP contribution in [0.3, 0.4) is 0 Å². The fourth-order valence-electron chi connectivity index (χ4n) is 1.82. The van der Waals surface area contributed by atoms with Gasteiger partial charge in [-0.05, 0) is 36.6 Å². The van der Waals surface area contributed by atoms with Gasteiger partial charge < -0.3 is 10.5 Å². The molecule has 2 N–H and O–H groups in total. The Bertz CT molecular complexity index is 526. The van der Waals surface area contributed by atoms with Crippen LogP contribution in [0, 0.1) is 0 Å². The largest absolute Gasteiger partial charge is 0.488 e. The lowest BCUT2D eigenvalue weighted by molar-refractivity contribution is 0.305. The zero-order valence-electron chi connectivity index (χ0n) is 10.9. The number of hydrogen-bond acceptors (Lipinski definition) is 3. The van der Waals surface area contributed by atoms with Gasteiger partial charge in [0.05, 0.1) is 4.34 Å². The van der Waals surface area contributed by atoms with Gasteiger partial charge in [-0.3, -0.25) is 0 Å². The van der Waals surface area contributed by atoms with E-state index in [1.54, 1.807) is 11.3 Å². The number of para-hydroxylation sites is 1. The number of thiophene rings is 1. The molecule has 0 aliphatic carbocycles. The summed E-state index contributed by atoms with van der Waals surface area (Å²) in [5.41, 5.74) is 7.18. The molecule has 1 unspecified atom stereocenters. The van der Waals surface area contributed by atoms with E-state index in [9.17, 15) is 0 Å². The Morgan fingerprint density at radius 2 is 2.05 bits per heavy atom. The van der Waals surface area contributed by atoms with E-state index in [2.05, 4.69) is 13.0 Å². The van der Waals surface area contributed by atoms with Crippen LogP contribution in [0.25, 0.3) is 0 Å². The van der Waals surface area contributed by atoms with E-state index in [1.807, 2.05) is 30.3 Å². The zero-order valence-corrected chi connectivity index (χ0v) is 12.5. The van der Waals surface area contributed by atoms with Crippen LogP contribution < -0.4 is 10.5 Å². The van der Waals surface area contributed by atoms with Crippen LogP contribution >= 0.6 is 22.9 Å². The number of halogens is 1. The monoisotopic (exact) mass is 295 g/mol. The van der Waals surface area contributed by atoms with Gasteiger partial charge in [0.2, 0.25) is 0 Å². The molecule has 0 saturated heterocycles. The summed E-state index contributed by atoms with van der Waals surface area (Å²) in [5.74, 6) is 0.913. The topological polar surface area (TPSA) is 35.2 Å². The number of hydrogen-bond donors (Lipinski definition) is 1. The average molecular weight is 296 g/mol. The van der Waals surface area contributed by atoms with E-state index in [0.29, 0.717) is 6.61 Å². The molecule has 1 aromatic heterocycles. The summed E-state index contributed by atoms with van der Waals surface area (Å²) in [4.78, 5) is 1.12. The van der Waals surface area contributed by atoms with E-state index in [4.69, 9.17) is 22.1 Å².